The third kappa shape index (κ3) is 6.87. The van der Waals surface area contributed by atoms with Crippen LogP contribution in [0.4, 0.5) is 0 Å². The van der Waals surface area contributed by atoms with Crippen molar-refractivity contribution < 1.29 is 0 Å². The maximum atomic E-state index is 4.26. The van der Waals surface area contributed by atoms with E-state index in [1.807, 2.05) is 6.08 Å². The van der Waals surface area contributed by atoms with Crippen LogP contribution >= 0.6 is 0 Å². The summed E-state index contributed by atoms with van der Waals surface area (Å²) in [6.45, 7) is 17.3. The van der Waals surface area contributed by atoms with Crippen molar-refractivity contribution in [3.05, 3.63) is 24.8 Å². The minimum Gasteiger partial charge on any atom is -0.103 e. The fourth-order valence-electron chi connectivity index (χ4n) is 2.40. The fourth-order valence-corrected chi connectivity index (χ4v) is 2.40. The third-order valence-corrected chi connectivity index (χ3v) is 3.41. The van der Waals surface area contributed by atoms with Crippen molar-refractivity contribution in [2.24, 2.45) is 17.8 Å². The molecule has 0 aliphatic carbocycles. The largest absolute Gasteiger partial charge is 0.103 e. The third-order valence-electron chi connectivity index (χ3n) is 3.41. The Morgan fingerprint density at radius 3 is 2.31 bits per heavy atom. The van der Waals surface area contributed by atoms with E-state index in [9.17, 15) is 0 Å². The summed E-state index contributed by atoms with van der Waals surface area (Å²) >= 11 is 0. The molecule has 0 saturated carbocycles. The second-order valence-electron chi connectivity index (χ2n) is 5.52. The van der Waals surface area contributed by atoms with Crippen LogP contribution < -0.4 is 0 Å². The first-order chi connectivity index (χ1) is 7.51. The van der Waals surface area contributed by atoms with Crippen molar-refractivity contribution in [3.8, 4) is 0 Å². The summed E-state index contributed by atoms with van der Waals surface area (Å²) in [7, 11) is 0. The van der Waals surface area contributed by atoms with Gasteiger partial charge in [-0.3, -0.25) is 0 Å². The van der Waals surface area contributed by atoms with E-state index in [0.29, 0.717) is 11.8 Å². The van der Waals surface area contributed by atoms with Crippen LogP contribution in [0.5, 0.6) is 0 Å². The molecule has 3 unspecified atom stereocenters. The lowest BCUT2D eigenvalue weighted by atomic mass is 9.85. The average molecular weight is 222 g/mol. The molecule has 0 N–H and O–H groups in total. The van der Waals surface area contributed by atoms with Gasteiger partial charge in [0.1, 0.15) is 0 Å². The van der Waals surface area contributed by atoms with Crippen molar-refractivity contribution >= 4 is 0 Å². The van der Waals surface area contributed by atoms with Crippen LogP contribution in [0.25, 0.3) is 0 Å². The van der Waals surface area contributed by atoms with E-state index in [-0.39, 0.29) is 0 Å². The van der Waals surface area contributed by atoms with E-state index >= 15 is 0 Å². The van der Waals surface area contributed by atoms with Gasteiger partial charge in [0.15, 0.2) is 0 Å². The Kier molecular flexibility index (Phi) is 8.33. The fraction of sp³-hybridized carbons (Fsp3) is 0.750. The highest BCUT2D eigenvalue weighted by molar-refractivity contribution is 5.01. The standard InChI is InChI=1S/C16H30/c1-7-9-13(3)11-15(5)16(6)12-14(4)10-8-2/h7,13-14,16H,1,5,8-12H2,2-4,6H3. The number of hydrogen-bond acceptors (Lipinski definition) is 0. The van der Waals surface area contributed by atoms with Crippen LogP contribution in [0, 0.1) is 17.8 Å². The van der Waals surface area contributed by atoms with Crippen molar-refractivity contribution in [3.63, 3.8) is 0 Å². The van der Waals surface area contributed by atoms with Gasteiger partial charge in [0.05, 0.1) is 0 Å². The van der Waals surface area contributed by atoms with Gasteiger partial charge in [0.2, 0.25) is 0 Å². The first kappa shape index (κ1) is 15.5. The highest BCUT2D eigenvalue weighted by Crippen LogP contribution is 2.26. The molecule has 0 heterocycles. The summed E-state index contributed by atoms with van der Waals surface area (Å²) in [4.78, 5) is 0. The molecule has 0 aromatic heterocycles. The molecule has 0 aromatic rings. The van der Waals surface area contributed by atoms with Gasteiger partial charge < -0.3 is 0 Å². The van der Waals surface area contributed by atoms with Crippen molar-refractivity contribution in [2.75, 3.05) is 0 Å². The van der Waals surface area contributed by atoms with Crippen LogP contribution in [0.15, 0.2) is 24.8 Å². The second-order valence-corrected chi connectivity index (χ2v) is 5.52. The minimum atomic E-state index is 0.675. The van der Waals surface area contributed by atoms with Gasteiger partial charge in [-0.15, -0.1) is 6.58 Å². The molecular formula is C16H30. The highest BCUT2D eigenvalue weighted by atomic mass is 14.2. The first-order valence-corrected chi connectivity index (χ1v) is 6.79. The van der Waals surface area contributed by atoms with E-state index in [1.54, 1.807) is 0 Å². The van der Waals surface area contributed by atoms with Crippen LogP contribution in [0.2, 0.25) is 0 Å². The summed E-state index contributed by atoms with van der Waals surface area (Å²) in [5.74, 6) is 2.22. The second kappa shape index (κ2) is 8.61. The molecular weight excluding hydrogens is 192 g/mol. The van der Waals surface area contributed by atoms with Crippen LogP contribution in [-0.4, -0.2) is 0 Å². The zero-order chi connectivity index (χ0) is 12.6. The van der Waals surface area contributed by atoms with Gasteiger partial charge in [0, 0.05) is 0 Å². The Morgan fingerprint density at radius 1 is 1.19 bits per heavy atom. The Balaban J connectivity index is 3.93. The van der Waals surface area contributed by atoms with E-state index in [4.69, 9.17) is 0 Å². The Labute approximate surface area is 103 Å². The molecule has 0 radical (unpaired) electrons. The van der Waals surface area contributed by atoms with Crippen LogP contribution in [-0.2, 0) is 0 Å². The van der Waals surface area contributed by atoms with Crippen molar-refractivity contribution in [1.29, 1.82) is 0 Å². The summed E-state index contributed by atoms with van der Waals surface area (Å²) in [6.07, 6.45) is 8.23. The van der Waals surface area contributed by atoms with Crippen LogP contribution in [0.3, 0.4) is 0 Å². The summed E-state index contributed by atoms with van der Waals surface area (Å²) in [6, 6.07) is 0. The monoisotopic (exact) mass is 222 g/mol. The van der Waals surface area contributed by atoms with E-state index < -0.39 is 0 Å². The molecule has 0 aromatic carbocycles. The van der Waals surface area contributed by atoms with Gasteiger partial charge in [0.25, 0.3) is 0 Å². The molecule has 0 rings (SSSR count). The molecule has 94 valence electrons. The molecule has 0 amide bonds. The SMILES string of the molecule is C=CCC(C)CC(=C)C(C)CC(C)CCC. The van der Waals surface area contributed by atoms with E-state index in [1.165, 1.54) is 24.8 Å². The smallest absolute Gasteiger partial charge is 0.0232 e. The highest BCUT2D eigenvalue weighted by Gasteiger charge is 2.13. The maximum Gasteiger partial charge on any atom is -0.0232 e. The number of hydrogen-bond donors (Lipinski definition) is 0. The Bertz CT molecular complexity index is 202. The van der Waals surface area contributed by atoms with E-state index in [0.717, 1.165) is 18.8 Å². The quantitative estimate of drug-likeness (QED) is 0.445. The lowest BCUT2D eigenvalue weighted by Gasteiger charge is -2.21. The summed E-state index contributed by atoms with van der Waals surface area (Å²) in [5.41, 5.74) is 1.43. The first-order valence-electron chi connectivity index (χ1n) is 6.79. The molecule has 0 bridgehead atoms. The molecule has 0 saturated heterocycles. The normalized spacial score (nSPS) is 16.5. The Hall–Kier alpha value is -0.520. The van der Waals surface area contributed by atoms with E-state index in [2.05, 4.69) is 40.9 Å². The maximum absolute atomic E-state index is 4.26. The predicted molar refractivity (Wildman–Crippen MR) is 75.6 cm³/mol. The van der Waals surface area contributed by atoms with Crippen molar-refractivity contribution in [2.45, 2.75) is 59.8 Å². The minimum absolute atomic E-state index is 0.675. The molecule has 0 heteroatoms. The van der Waals surface area contributed by atoms with Gasteiger partial charge >= 0.3 is 0 Å². The predicted octanol–water partition coefficient (Wildman–Crippen LogP) is 5.61. The lowest BCUT2D eigenvalue weighted by Crippen LogP contribution is -2.08. The number of rotatable bonds is 9. The molecule has 3 atom stereocenters. The zero-order valence-electron chi connectivity index (χ0n) is 11.8. The molecule has 0 aliphatic rings. The summed E-state index contributed by atoms with van der Waals surface area (Å²) in [5, 5.41) is 0. The topological polar surface area (TPSA) is 0 Å². The Morgan fingerprint density at radius 2 is 1.81 bits per heavy atom. The van der Waals surface area contributed by atoms with Gasteiger partial charge in [-0.25, -0.2) is 0 Å². The molecule has 0 nitrogen and oxygen atoms in total. The van der Waals surface area contributed by atoms with Gasteiger partial charge in [-0.2, -0.15) is 0 Å². The van der Waals surface area contributed by atoms with Gasteiger partial charge in [-0.1, -0.05) is 58.8 Å². The molecule has 0 aliphatic heterocycles. The summed E-state index contributed by atoms with van der Waals surface area (Å²) < 4.78 is 0. The number of allylic oxidation sites excluding steroid dienone is 2. The molecule has 0 spiro atoms. The molecule has 0 fully saturated rings. The molecule has 16 heavy (non-hydrogen) atoms. The average Bonchev–Trinajstić information content (AvgIpc) is 2.17. The van der Waals surface area contributed by atoms with Crippen molar-refractivity contribution in [1.82, 2.24) is 0 Å². The van der Waals surface area contributed by atoms with Crippen LogP contribution in [0.1, 0.15) is 59.8 Å². The van der Waals surface area contributed by atoms with Gasteiger partial charge in [-0.05, 0) is 37.0 Å². The lowest BCUT2D eigenvalue weighted by molar-refractivity contribution is 0.408. The zero-order valence-corrected chi connectivity index (χ0v) is 11.8.